The average molecular weight is 497 g/mol. The minimum absolute atomic E-state index is 0.0670. The minimum Gasteiger partial charge on any atom is -0.454 e. The average Bonchev–Trinajstić information content (AvgIpc) is 2.80. The predicted molar refractivity (Wildman–Crippen MR) is 137 cm³/mol. The van der Waals surface area contributed by atoms with Crippen LogP contribution >= 0.6 is 0 Å². The van der Waals surface area contributed by atoms with Crippen molar-refractivity contribution in [3.8, 4) is 0 Å². The number of hydrogen-bond donors (Lipinski definition) is 0. The van der Waals surface area contributed by atoms with Gasteiger partial charge in [-0.2, -0.15) is 0 Å². The zero-order valence-corrected chi connectivity index (χ0v) is 22.4. The molecule has 0 unspecified atom stereocenters. The van der Waals surface area contributed by atoms with Crippen LogP contribution in [0.5, 0.6) is 0 Å². The van der Waals surface area contributed by atoms with Gasteiger partial charge in [0.05, 0.1) is 6.61 Å². The van der Waals surface area contributed by atoms with Crippen LogP contribution in [0.15, 0.2) is 72.8 Å². The second-order valence-electron chi connectivity index (χ2n) is 10.3. The maximum atomic E-state index is 12.3. The van der Waals surface area contributed by atoms with Crippen LogP contribution in [0, 0.1) is 0 Å². The molecule has 0 amide bonds. The smallest absolute Gasteiger partial charge is 0.331 e. The molecule has 6 nitrogen and oxygen atoms in total. The van der Waals surface area contributed by atoms with Crippen LogP contribution in [0.4, 0.5) is 0 Å². The van der Waals surface area contributed by atoms with Crippen LogP contribution in [0.1, 0.15) is 44.9 Å². The van der Waals surface area contributed by atoms with Crippen LogP contribution in [0.25, 0.3) is 0 Å². The number of cyclic esters (lactones) is 1. The van der Waals surface area contributed by atoms with Crippen molar-refractivity contribution < 1.29 is 28.2 Å². The lowest BCUT2D eigenvalue weighted by atomic mass is 9.95. The van der Waals surface area contributed by atoms with Gasteiger partial charge in [0.1, 0.15) is 12.2 Å². The van der Waals surface area contributed by atoms with Crippen molar-refractivity contribution in [3.63, 3.8) is 0 Å². The van der Waals surface area contributed by atoms with E-state index in [1.54, 1.807) is 6.08 Å². The molecule has 1 aliphatic rings. The lowest BCUT2D eigenvalue weighted by Gasteiger charge is -2.44. The first-order valence-corrected chi connectivity index (χ1v) is 14.8. The van der Waals surface area contributed by atoms with Crippen molar-refractivity contribution in [2.45, 2.75) is 76.8 Å². The minimum atomic E-state index is -2.30. The maximum absolute atomic E-state index is 12.3. The van der Waals surface area contributed by atoms with Gasteiger partial charge in [0.15, 0.2) is 20.5 Å². The highest BCUT2D eigenvalue weighted by Gasteiger charge is 2.47. The molecular weight excluding hydrogens is 460 g/mol. The second kappa shape index (κ2) is 11.3. The monoisotopic (exact) mass is 496 g/mol. The van der Waals surface area contributed by atoms with Gasteiger partial charge in [-0.1, -0.05) is 81.4 Å². The van der Waals surface area contributed by atoms with Gasteiger partial charge in [0, 0.05) is 13.0 Å². The summed E-state index contributed by atoms with van der Waals surface area (Å²) in [5.41, 5.74) is 1.88. The van der Waals surface area contributed by atoms with E-state index in [0.29, 0.717) is 0 Å². The molecule has 7 heteroatoms. The standard InChI is InChI=1S/C28H36O6Si/c1-20(29)32-23-17-18-24(30)33-26(23)27(31-19-21-13-9-7-10-14-21)25(22-15-11-8-12-16-22)34-35(5,6)28(2,3)4/h7-18,23,25-27H,19H2,1-6H3/t23-,25-,26-,27-/m1/s1. The molecule has 0 aromatic heterocycles. The molecule has 1 heterocycles. The summed E-state index contributed by atoms with van der Waals surface area (Å²) in [5, 5.41) is -0.0670. The van der Waals surface area contributed by atoms with E-state index >= 15 is 0 Å². The Hall–Kier alpha value is -2.74. The number of hydrogen-bond acceptors (Lipinski definition) is 6. The number of esters is 2. The summed E-state index contributed by atoms with van der Waals surface area (Å²) in [5.74, 6) is -0.975. The quantitative estimate of drug-likeness (QED) is 0.325. The summed E-state index contributed by atoms with van der Waals surface area (Å²) in [6.45, 7) is 12.5. The molecule has 0 fully saturated rings. The van der Waals surface area contributed by atoms with Gasteiger partial charge in [0.25, 0.3) is 0 Å². The van der Waals surface area contributed by atoms with E-state index in [0.717, 1.165) is 11.1 Å². The first kappa shape index (κ1) is 26.9. The van der Waals surface area contributed by atoms with Gasteiger partial charge < -0.3 is 18.6 Å². The van der Waals surface area contributed by atoms with Gasteiger partial charge in [-0.25, -0.2) is 4.79 Å². The Morgan fingerprint density at radius 3 is 2.20 bits per heavy atom. The van der Waals surface area contributed by atoms with E-state index in [9.17, 15) is 9.59 Å². The van der Waals surface area contributed by atoms with Crippen molar-refractivity contribution in [1.82, 2.24) is 0 Å². The van der Waals surface area contributed by atoms with Crippen LogP contribution in [-0.2, 0) is 34.8 Å². The fourth-order valence-electron chi connectivity index (χ4n) is 3.66. The van der Waals surface area contributed by atoms with Gasteiger partial charge in [0.2, 0.25) is 0 Å². The maximum Gasteiger partial charge on any atom is 0.331 e. The number of ether oxygens (including phenoxy) is 3. The van der Waals surface area contributed by atoms with Crippen molar-refractivity contribution in [2.24, 2.45) is 0 Å². The lowest BCUT2D eigenvalue weighted by molar-refractivity contribution is -0.185. The van der Waals surface area contributed by atoms with E-state index in [-0.39, 0.29) is 11.6 Å². The molecule has 0 aliphatic carbocycles. The Labute approximate surface area is 209 Å². The van der Waals surface area contributed by atoms with Gasteiger partial charge >= 0.3 is 11.9 Å². The fourth-order valence-corrected chi connectivity index (χ4v) is 4.92. The number of carbonyl (C=O) groups excluding carboxylic acids is 2. The number of benzene rings is 2. The zero-order valence-electron chi connectivity index (χ0n) is 21.4. The SMILES string of the molecule is CC(=O)O[C@@H]1C=CC(=O)O[C@H]1[C@H](OCc1ccccc1)[C@H](O[Si](C)(C)C(C)(C)C)c1ccccc1. The molecule has 0 saturated carbocycles. The molecule has 3 rings (SSSR count). The van der Waals surface area contributed by atoms with Crippen LogP contribution in [-0.4, -0.2) is 38.6 Å². The van der Waals surface area contributed by atoms with Crippen molar-refractivity contribution in [2.75, 3.05) is 0 Å². The summed E-state index contributed by atoms with van der Waals surface area (Å²) < 4.78 is 24.7. The highest BCUT2D eigenvalue weighted by atomic mass is 28.4. The third-order valence-electron chi connectivity index (χ3n) is 6.56. The van der Waals surface area contributed by atoms with Gasteiger partial charge in [-0.05, 0) is 35.3 Å². The molecule has 2 aromatic rings. The van der Waals surface area contributed by atoms with Crippen molar-refractivity contribution in [3.05, 3.63) is 83.9 Å². The van der Waals surface area contributed by atoms with Crippen LogP contribution in [0.2, 0.25) is 18.1 Å². The predicted octanol–water partition coefficient (Wildman–Crippen LogP) is 5.75. The number of carbonyl (C=O) groups is 2. The second-order valence-corrected chi connectivity index (χ2v) is 15.1. The summed E-state index contributed by atoms with van der Waals surface area (Å²) in [7, 11) is -2.30. The molecule has 0 spiro atoms. The molecule has 1 aliphatic heterocycles. The van der Waals surface area contributed by atoms with E-state index in [1.165, 1.54) is 13.0 Å². The third-order valence-corrected chi connectivity index (χ3v) is 11.0. The molecule has 4 atom stereocenters. The largest absolute Gasteiger partial charge is 0.454 e. The summed E-state index contributed by atoms with van der Waals surface area (Å²) >= 11 is 0. The van der Waals surface area contributed by atoms with Crippen molar-refractivity contribution >= 4 is 20.3 Å². The first-order valence-electron chi connectivity index (χ1n) is 11.9. The Bertz CT molecular complexity index is 1010. The third kappa shape index (κ3) is 7.13. The Balaban J connectivity index is 2.07. The Morgan fingerprint density at radius 2 is 1.63 bits per heavy atom. The normalized spacial score (nSPS) is 20.1. The molecular formula is C28H36O6Si. The topological polar surface area (TPSA) is 71.1 Å². The van der Waals surface area contributed by atoms with Crippen LogP contribution < -0.4 is 0 Å². The molecule has 0 bridgehead atoms. The summed E-state index contributed by atoms with van der Waals surface area (Å²) in [4.78, 5) is 24.2. The summed E-state index contributed by atoms with van der Waals surface area (Å²) in [6.07, 6.45) is -0.112. The van der Waals surface area contributed by atoms with Crippen LogP contribution in [0.3, 0.4) is 0 Å². The molecule has 0 N–H and O–H groups in total. The molecule has 0 radical (unpaired) electrons. The molecule has 35 heavy (non-hydrogen) atoms. The first-order chi connectivity index (χ1) is 16.5. The number of rotatable bonds is 9. The van der Waals surface area contributed by atoms with Gasteiger partial charge in [-0.15, -0.1) is 0 Å². The van der Waals surface area contributed by atoms with E-state index < -0.39 is 44.7 Å². The fraction of sp³-hybridized carbons (Fsp3) is 0.429. The lowest BCUT2D eigenvalue weighted by Crippen LogP contribution is -2.51. The van der Waals surface area contributed by atoms with E-state index in [1.807, 2.05) is 60.7 Å². The van der Waals surface area contributed by atoms with E-state index in [4.69, 9.17) is 18.6 Å². The Morgan fingerprint density at radius 1 is 1.03 bits per heavy atom. The summed E-state index contributed by atoms with van der Waals surface area (Å²) in [6, 6.07) is 19.6. The molecule has 188 valence electrons. The molecule has 0 saturated heterocycles. The van der Waals surface area contributed by atoms with E-state index in [2.05, 4.69) is 33.9 Å². The Kier molecular flexibility index (Phi) is 8.69. The zero-order chi connectivity index (χ0) is 25.6. The molecule has 2 aromatic carbocycles. The van der Waals surface area contributed by atoms with Crippen molar-refractivity contribution in [1.29, 1.82) is 0 Å². The van der Waals surface area contributed by atoms with Gasteiger partial charge in [-0.3, -0.25) is 4.79 Å². The highest BCUT2D eigenvalue weighted by Crippen LogP contribution is 2.42. The highest BCUT2D eigenvalue weighted by molar-refractivity contribution is 6.74.